The maximum atomic E-state index is 12.3. The molecule has 8 nitrogen and oxygen atoms in total. The van der Waals surface area contributed by atoms with Crippen molar-refractivity contribution in [2.45, 2.75) is 20.8 Å². The standard InChI is InChI=1S/C18H19NO7/c1-4-23-16(20)13-11(3)25-15(14(13)17(21)24-5-2)19-18(22)26-12-9-7-6-8-10-12/h6-10H,4-5H2,1-3H3,(H,19,22). The molecule has 0 unspecified atom stereocenters. The molecule has 0 fully saturated rings. The number of esters is 2. The Kier molecular flexibility index (Phi) is 6.37. The summed E-state index contributed by atoms with van der Waals surface area (Å²) >= 11 is 0. The minimum absolute atomic E-state index is 0.0826. The summed E-state index contributed by atoms with van der Waals surface area (Å²) < 4.78 is 20.4. The van der Waals surface area contributed by atoms with Gasteiger partial charge in [0.1, 0.15) is 22.6 Å². The number of ether oxygens (including phenoxy) is 3. The third-order valence-corrected chi connectivity index (χ3v) is 3.21. The normalized spacial score (nSPS) is 10.1. The zero-order valence-corrected chi connectivity index (χ0v) is 14.7. The number of carbonyl (C=O) groups is 3. The smallest absolute Gasteiger partial charge is 0.419 e. The van der Waals surface area contributed by atoms with Crippen LogP contribution in [0.5, 0.6) is 5.75 Å². The van der Waals surface area contributed by atoms with E-state index in [0.29, 0.717) is 5.75 Å². The Bertz CT molecular complexity index is 795. The molecule has 0 atom stereocenters. The highest BCUT2D eigenvalue weighted by molar-refractivity contribution is 6.08. The summed E-state index contributed by atoms with van der Waals surface area (Å²) in [6, 6.07) is 8.34. The summed E-state index contributed by atoms with van der Waals surface area (Å²) in [7, 11) is 0. The first kappa shape index (κ1) is 19.0. The van der Waals surface area contributed by atoms with Crippen molar-refractivity contribution in [2.24, 2.45) is 0 Å². The van der Waals surface area contributed by atoms with E-state index in [4.69, 9.17) is 18.6 Å². The number of para-hydroxylation sites is 1. The SMILES string of the molecule is CCOC(=O)c1c(C)oc(NC(=O)Oc2ccccc2)c1C(=O)OCC. The van der Waals surface area contributed by atoms with Crippen LogP contribution in [0.15, 0.2) is 34.7 Å². The molecule has 0 aliphatic rings. The predicted molar refractivity (Wildman–Crippen MR) is 91.4 cm³/mol. The van der Waals surface area contributed by atoms with E-state index in [1.165, 1.54) is 6.92 Å². The Labute approximate surface area is 150 Å². The molecular weight excluding hydrogens is 342 g/mol. The first-order valence-corrected chi connectivity index (χ1v) is 7.99. The molecular formula is C18H19NO7. The lowest BCUT2D eigenvalue weighted by molar-refractivity contribution is 0.0480. The summed E-state index contributed by atoms with van der Waals surface area (Å²) in [6.07, 6.45) is -0.883. The van der Waals surface area contributed by atoms with Gasteiger partial charge in [-0.05, 0) is 32.9 Å². The number of furan rings is 1. The lowest BCUT2D eigenvalue weighted by atomic mass is 10.1. The summed E-state index contributed by atoms with van der Waals surface area (Å²) in [5, 5.41) is 2.32. The van der Waals surface area contributed by atoms with Crippen LogP contribution < -0.4 is 10.1 Å². The van der Waals surface area contributed by atoms with Crippen molar-refractivity contribution in [2.75, 3.05) is 18.5 Å². The van der Waals surface area contributed by atoms with Crippen molar-refractivity contribution >= 4 is 23.9 Å². The van der Waals surface area contributed by atoms with E-state index in [1.54, 1.807) is 44.2 Å². The number of carbonyl (C=O) groups excluding carboxylic acids is 3. The highest BCUT2D eigenvalue weighted by Gasteiger charge is 2.31. The Morgan fingerprint density at radius 2 is 1.54 bits per heavy atom. The molecule has 0 saturated heterocycles. The number of rotatable bonds is 6. The Hall–Kier alpha value is -3.29. The number of amides is 1. The number of aryl methyl sites for hydroxylation is 1. The molecule has 0 spiro atoms. The summed E-state index contributed by atoms with van der Waals surface area (Å²) in [4.78, 5) is 36.5. The van der Waals surface area contributed by atoms with Gasteiger partial charge in [-0.1, -0.05) is 18.2 Å². The molecule has 2 aromatic rings. The van der Waals surface area contributed by atoms with E-state index in [1.807, 2.05) is 0 Å². The molecule has 1 aromatic heterocycles. The van der Waals surface area contributed by atoms with Crippen molar-refractivity contribution in [3.05, 3.63) is 47.2 Å². The van der Waals surface area contributed by atoms with Crippen LogP contribution >= 0.6 is 0 Å². The van der Waals surface area contributed by atoms with Crippen LogP contribution in [0.3, 0.4) is 0 Å². The van der Waals surface area contributed by atoms with E-state index in [0.717, 1.165) is 0 Å². The number of benzene rings is 1. The van der Waals surface area contributed by atoms with Gasteiger partial charge in [0.25, 0.3) is 0 Å². The maximum absolute atomic E-state index is 12.3. The number of anilines is 1. The molecule has 0 aliphatic heterocycles. The van der Waals surface area contributed by atoms with Crippen LogP contribution in [-0.2, 0) is 9.47 Å². The maximum Gasteiger partial charge on any atom is 0.419 e. The van der Waals surface area contributed by atoms with Crippen molar-refractivity contribution in [1.82, 2.24) is 0 Å². The third-order valence-electron chi connectivity index (χ3n) is 3.21. The van der Waals surface area contributed by atoms with Crippen LogP contribution in [-0.4, -0.2) is 31.2 Å². The van der Waals surface area contributed by atoms with E-state index in [9.17, 15) is 14.4 Å². The second-order valence-corrected chi connectivity index (χ2v) is 5.01. The molecule has 0 saturated carbocycles. The fourth-order valence-corrected chi connectivity index (χ4v) is 2.19. The topological polar surface area (TPSA) is 104 Å². The number of hydrogen-bond donors (Lipinski definition) is 1. The van der Waals surface area contributed by atoms with E-state index >= 15 is 0 Å². The quantitative estimate of drug-likeness (QED) is 0.785. The van der Waals surface area contributed by atoms with Crippen LogP contribution in [0.25, 0.3) is 0 Å². The highest BCUT2D eigenvalue weighted by Crippen LogP contribution is 2.29. The fraction of sp³-hybridized carbons (Fsp3) is 0.278. The van der Waals surface area contributed by atoms with Crippen LogP contribution in [0, 0.1) is 6.92 Å². The van der Waals surface area contributed by atoms with Crippen molar-refractivity contribution < 1.29 is 33.0 Å². The lowest BCUT2D eigenvalue weighted by Crippen LogP contribution is -2.20. The minimum Gasteiger partial charge on any atom is -0.462 e. The van der Waals surface area contributed by atoms with Crippen LogP contribution in [0.1, 0.15) is 40.3 Å². The van der Waals surface area contributed by atoms with E-state index in [-0.39, 0.29) is 36.0 Å². The molecule has 8 heteroatoms. The zero-order valence-electron chi connectivity index (χ0n) is 14.7. The second kappa shape index (κ2) is 8.70. The molecule has 1 heterocycles. The molecule has 26 heavy (non-hydrogen) atoms. The monoisotopic (exact) mass is 361 g/mol. The largest absolute Gasteiger partial charge is 0.462 e. The van der Waals surface area contributed by atoms with Gasteiger partial charge < -0.3 is 18.6 Å². The first-order valence-electron chi connectivity index (χ1n) is 7.99. The second-order valence-electron chi connectivity index (χ2n) is 5.01. The summed E-state index contributed by atoms with van der Waals surface area (Å²) in [6.45, 7) is 4.92. The molecule has 2 rings (SSSR count). The van der Waals surface area contributed by atoms with Gasteiger partial charge in [0.15, 0.2) is 0 Å². The Morgan fingerprint density at radius 1 is 0.962 bits per heavy atom. The van der Waals surface area contributed by atoms with Gasteiger partial charge >= 0.3 is 18.0 Å². The number of hydrogen-bond acceptors (Lipinski definition) is 7. The van der Waals surface area contributed by atoms with Gasteiger partial charge in [-0.15, -0.1) is 0 Å². The summed E-state index contributed by atoms with van der Waals surface area (Å²) in [5.74, 6) is -1.40. The number of nitrogens with one attached hydrogen (secondary N) is 1. The average molecular weight is 361 g/mol. The zero-order chi connectivity index (χ0) is 19.1. The third kappa shape index (κ3) is 4.41. The Balaban J connectivity index is 2.31. The van der Waals surface area contributed by atoms with Gasteiger partial charge in [0.05, 0.1) is 13.2 Å². The highest BCUT2D eigenvalue weighted by atomic mass is 16.6. The molecule has 0 aliphatic carbocycles. The van der Waals surface area contributed by atoms with Crippen molar-refractivity contribution in [1.29, 1.82) is 0 Å². The first-order chi connectivity index (χ1) is 12.5. The van der Waals surface area contributed by atoms with Gasteiger partial charge in [-0.25, -0.2) is 14.4 Å². The molecule has 0 bridgehead atoms. The molecule has 1 aromatic carbocycles. The van der Waals surface area contributed by atoms with Crippen LogP contribution in [0.4, 0.5) is 10.7 Å². The molecule has 1 amide bonds. The molecule has 0 radical (unpaired) electrons. The Morgan fingerprint density at radius 3 is 2.12 bits per heavy atom. The van der Waals surface area contributed by atoms with Crippen LogP contribution in [0.2, 0.25) is 0 Å². The van der Waals surface area contributed by atoms with E-state index in [2.05, 4.69) is 5.32 Å². The van der Waals surface area contributed by atoms with Gasteiger partial charge in [0.2, 0.25) is 5.88 Å². The van der Waals surface area contributed by atoms with Gasteiger partial charge in [-0.3, -0.25) is 5.32 Å². The fourth-order valence-electron chi connectivity index (χ4n) is 2.19. The van der Waals surface area contributed by atoms with Crippen molar-refractivity contribution in [3.8, 4) is 5.75 Å². The predicted octanol–water partition coefficient (Wildman–Crippen LogP) is 3.55. The summed E-state index contributed by atoms with van der Waals surface area (Å²) in [5.41, 5.74) is -0.312. The lowest BCUT2D eigenvalue weighted by Gasteiger charge is -2.07. The van der Waals surface area contributed by atoms with Gasteiger partial charge in [-0.2, -0.15) is 0 Å². The minimum atomic E-state index is -0.883. The van der Waals surface area contributed by atoms with Crippen molar-refractivity contribution in [3.63, 3.8) is 0 Å². The average Bonchev–Trinajstić information content (AvgIpc) is 2.92. The van der Waals surface area contributed by atoms with Gasteiger partial charge in [0, 0.05) is 0 Å². The molecule has 1 N–H and O–H groups in total. The molecule has 138 valence electrons. The van der Waals surface area contributed by atoms with E-state index < -0.39 is 18.0 Å².